The van der Waals surface area contributed by atoms with Crippen LogP contribution in [0.25, 0.3) is 16.7 Å². The van der Waals surface area contributed by atoms with Crippen LogP contribution in [0.15, 0.2) is 54.3 Å². The summed E-state index contributed by atoms with van der Waals surface area (Å²) in [7, 11) is 0. The van der Waals surface area contributed by atoms with E-state index in [9.17, 15) is 0 Å². The summed E-state index contributed by atoms with van der Waals surface area (Å²) in [4.78, 5) is 0. The van der Waals surface area contributed by atoms with Gasteiger partial charge in [-0.05, 0) is 74.2 Å². The molecule has 0 saturated heterocycles. The number of rotatable bonds is 2. The Morgan fingerprint density at radius 1 is 0.559 bits per heavy atom. The Labute approximate surface area is 236 Å². The second-order valence-corrected chi connectivity index (χ2v) is 10.8. The third-order valence-electron chi connectivity index (χ3n) is 5.20. The molecule has 0 aromatic heterocycles. The van der Waals surface area contributed by atoms with Gasteiger partial charge in [0.05, 0.1) is 11.8 Å². The van der Waals surface area contributed by atoms with Crippen LogP contribution in [-0.2, 0) is 0 Å². The molecular formula is C30H20Br4. The van der Waals surface area contributed by atoms with Crippen molar-refractivity contribution < 1.29 is 0 Å². The fourth-order valence-corrected chi connectivity index (χ4v) is 6.05. The summed E-state index contributed by atoms with van der Waals surface area (Å²) < 4.78 is 3.94. The van der Waals surface area contributed by atoms with Gasteiger partial charge < -0.3 is 0 Å². The van der Waals surface area contributed by atoms with Crippen LogP contribution in [-0.4, -0.2) is 0 Å². The molecule has 0 spiro atoms. The molecule has 34 heavy (non-hydrogen) atoms. The Balaban J connectivity index is 2.16. The van der Waals surface area contributed by atoms with Gasteiger partial charge >= 0.3 is 0 Å². The molecule has 2 aromatic carbocycles. The lowest BCUT2D eigenvalue weighted by molar-refractivity contribution is 0.712. The number of hydrogen-bond acceptors (Lipinski definition) is 0. The predicted octanol–water partition coefficient (Wildman–Crippen LogP) is 9.34. The van der Waals surface area contributed by atoms with E-state index in [0.29, 0.717) is 0 Å². The Bertz CT molecular complexity index is 1460. The first kappa shape index (κ1) is 26.7. The Hall–Kier alpha value is -1.92. The third-order valence-corrected chi connectivity index (χ3v) is 7.86. The van der Waals surface area contributed by atoms with Crippen LogP contribution in [0.4, 0.5) is 0 Å². The minimum absolute atomic E-state index is 0.0376. The summed E-state index contributed by atoms with van der Waals surface area (Å²) in [5.41, 5.74) is 6.07. The number of benzene rings is 2. The van der Waals surface area contributed by atoms with E-state index in [1.165, 1.54) is 0 Å². The van der Waals surface area contributed by atoms with Crippen LogP contribution in [0.1, 0.15) is 44.4 Å². The minimum atomic E-state index is 0.0376. The highest BCUT2D eigenvalue weighted by atomic mass is 79.9. The zero-order valence-corrected chi connectivity index (χ0v) is 25.5. The van der Waals surface area contributed by atoms with E-state index in [0.717, 1.165) is 51.3 Å². The van der Waals surface area contributed by atoms with Crippen LogP contribution in [0.2, 0.25) is 0 Å². The molecule has 0 radical (unpaired) electrons. The van der Waals surface area contributed by atoms with Gasteiger partial charge in [-0.1, -0.05) is 99.6 Å². The first-order chi connectivity index (χ1) is 16.3. The molecule has 0 amide bonds. The Kier molecular flexibility index (Phi) is 9.55. The van der Waals surface area contributed by atoms with E-state index < -0.39 is 0 Å². The largest absolute Gasteiger partial charge is 0.106 e. The van der Waals surface area contributed by atoms with Gasteiger partial charge in [0.15, 0.2) is 0 Å². The topological polar surface area (TPSA) is 0 Å². The number of allylic oxidation sites excluding steroid dienone is 4. The molecule has 0 N–H and O–H groups in total. The molecule has 0 saturated carbocycles. The van der Waals surface area contributed by atoms with Gasteiger partial charge in [0, 0.05) is 29.0 Å². The quantitative estimate of drug-likeness (QED) is 0.274. The van der Waals surface area contributed by atoms with Crippen LogP contribution >= 0.6 is 63.7 Å². The van der Waals surface area contributed by atoms with Crippen LogP contribution in [0.5, 0.6) is 0 Å². The maximum absolute atomic E-state index is 3.82. The molecular weight excluding hydrogens is 680 g/mol. The van der Waals surface area contributed by atoms with Gasteiger partial charge in [0.25, 0.3) is 0 Å². The molecule has 2 unspecified atom stereocenters. The van der Waals surface area contributed by atoms with E-state index in [4.69, 9.17) is 0 Å². The van der Waals surface area contributed by atoms with Crippen molar-refractivity contribution in [3.05, 3.63) is 71.0 Å². The lowest BCUT2D eigenvalue weighted by atomic mass is 9.84. The van der Waals surface area contributed by atoms with Crippen molar-refractivity contribution in [2.45, 2.75) is 27.7 Å². The first-order valence-corrected chi connectivity index (χ1v) is 13.6. The van der Waals surface area contributed by atoms with Gasteiger partial charge in [-0.3, -0.25) is 0 Å². The van der Waals surface area contributed by atoms with Crippen molar-refractivity contribution in [3.63, 3.8) is 0 Å². The highest BCUT2D eigenvalue weighted by molar-refractivity contribution is 9.12. The average molecular weight is 700 g/mol. The van der Waals surface area contributed by atoms with Crippen LogP contribution in [0.3, 0.4) is 0 Å². The zero-order chi connectivity index (χ0) is 24.8. The molecule has 1 aliphatic rings. The van der Waals surface area contributed by atoms with E-state index >= 15 is 0 Å². The molecule has 4 heteroatoms. The molecule has 2 aromatic rings. The van der Waals surface area contributed by atoms with E-state index in [-0.39, 0.29) is 11.8 Å². The molecule has 0 heterocycles. The second kappa shape index (κ2) is 12.2. The molecule has 0 aliphatic heterocycles. The normalized spacial score (nSPS) is 16.2. The summed E-state index contributed by atoms with van der Waals surface area (Å²) in [5.74, 6) is 25.0. The Morgan fingerprint density at radius 3 is 1.62 bits per heavy atom. The zero-order valence-electron chi connectivity index (χ0n) is 19.1. The molecule has 168 valence electrons. The highest BCUT2D eigenvalue weighted by Gasteiger charge is 2.24. The van der Waals surface area contributed by atoms with Gasteiger partial charge in [-0.2, -0.15) is 0 Å². The number of halogens is 4. The second-order valence-electron chi connectivity index (χ2n) is 7.37. The van der Waals surface area contributed by atoms with Crippen molar-refractivity contribution in [1.29, 1.82) is 0 Å². The standard InChI is InChI=1S/C30H20Br4/c1-5-9-19-13-23(27(31)15-21(19)11-7-3)25-17-30(34)26(18-29(25)33)24-14-20(10-6-2)22(12-8-4)16-28(24)32/h13-19,21H,1-4H3. The van der Waals surface area contributed by atoms with Crippen molar-refractivity contribution in [2.24, 2.45) is 11.8 Å². The van der Waals surface area contributed by atoms with Gasteiger partial charge in [0.1, 0.15) is 0 Å². The molecule has 2 atom stereocenters. The SMILES string of the molecule is CC#Cc1cc(Br)c(-c2cc(Br)c(C3=CC(C#CC)C(C#CC)C=C3Br)cc2Br)cc1C#CC. The predicted molar refractivity (Wildman–Crippen MR) is 159 cm³/mol. The lowest BCUT2D eigenvalue weighted by Gasteiger charge is -2.22. The van der Waals surface area contributed by atoms with Crippen LogP contribution < -0.4 is 0 Å². The summed E-state index contributed by atoms with van der Waals surface area (Å²) >= 11 is 15.1. The van der Waals surface area contributed by atoms with Gasteiger partial charge in [-0.15, -0.1) is 23.7 Å². The van der Waals surface area contributed by atoms with Gasteiger partial charge in [-0.25, -0.2) is 0 Å². The summed E-state index contributed by atoms with van der Waals surface area (Å²) in [6.07, 6.45) is 4.35. The first-order valence-electron chi connectivity index (χ1n) is 10.5. The molecule has 0 nitrogen and oxygen atoms in total. The monoisotopic (exact) mass is 696 g/mol. The van der Waals surface area contributed by atoms with Gasteiger partial charge in [0.2, 0.25) is 0 Å². The fourth-order valence-electron chi connectivity index (χ4n) is 3.74. The highest BCUT2D eigenvalue weighted by Crippen LogP contribution is 2.44. The number of hydrogen-bond donors (Lipinski definition) is 0. The summed E-state index contributed by atoms with van der Waals surface area (Å²) in [6.45, 7) is 7.39. The summed E-state index contributed by atoms with van der Waals surface area (Å²) in [6, 6.07) is 8.39. The van der Waals surface area contributed by atoms with Crippen LogP contribution in [0, 0.1) is 59.2 Å². The van der Waals surface area contributed by atoms with Crippen molar-refractivity contribution in [3.8, 4) is 58.5 Å². The lowest BCUT2D eigenvalue weighted by Crippen LogP contribution is -2.12. The fraction of sp³-hybridized carbons (Fsp3) is 0.200. The summed E-state index contributed by atoms with van der Waals surface area (Å²) in [5, 5.41) is 0. The Morgan fingerprint density at radius 2 is 1.03 bits per heavy atom. The maximum Gasteiger partial charge on any atom is 0.0569 e. The van der Waals surface area contributed by atoms with E-state index in [1.807, 2.05) is 33.8 Å². The van der Waals surface area contributed by atoms with Crippen molar-refractivity contribution >= 4 is 69.3 Å². The van der Waals surface area contributed by atoms with E-state index in [1.54, 1.807) is 0 Å². The van der Waals surface area contributed by atoms with E-state index in [2.05, 4.69) is 141 Å². The van der Waals surface area contributed by atoms with Crippen molar-refractivity contribution in [2.75, 3.05) is 0 Å². The molecule has 0 bridgehead atoms. The smallest absolute Gasteiger partial charge is 0.0569 e. The molecule has 1 aliphatic carbocycles. The average Bonchev–Trinajstić information content (AvgIpc) is 2.79. The van der Waals surface area contributed by atoms with Crippen molar-refractivity contribution in [1.82, 2.24) is 0 Å². The minimum Gasteiger partial charge on any atom is -0.106 e. The molecule has 0 fully saturated rings. The third kappa shape index (κ3) is 5.83. The maximum atomic E-state index is 3.82. The molecule has 3 rings (SSSR count).